The summed E-state index contributed by atoms with van der Waals surface area (Å²) < 4.78 is 38.4. The molecular formula is C19H23FN2O3S. The van der Waals surface area contributed by atoms with Crippen LogP contribution in [0.2, 0.25) is 0 Å². The molecule has 2 aromatic carbocycles. The SMILES string of the molecule is CC(C)c1ccc(N(CCNC(=O)c2ccc(F)cc2)S(C)(=O)=O)cc1. The van der Waals surface area contributed by atoms with E-state index in [1.807, 2.05) is 12.1 Å². The number of benzene rings is 2. The second-order valence-electron chi connectivity index (χ2n) is 6.34. The van der Waals surface area contributed by atoms with E-state index in [0.717, 1.165) is 11.8 Å². The first kappa shape index (κ1) is 19.9. The van der Waals surface area contributed by atoms with E-state index < -0.39 is 15.8 Å². The summed E-state index contributed by atoms with van der Waals surface area (Å²) >= 11 is 0. The number of hydrogen-bond donors (Lipinski definition) is 1. The van der Waals surface area contributed by atoms with Crippen LogP contribution in [0, 0.1) is 5.82 Å². The predicted molar refractivity (Wildman–Crippen MR) is 101 cm³/mol. The lowest BCUT2D eigenvalue weighted by atomic mass is 10.0. The van der Waals surface area contributed by atoms with Crippen molar-refractivity contribution in [2.75, 3.05) is 23.7 Å². The maximum Gasteiger partial charge on any atom is 0.251 e. The zero-order valence-corrected chi connectivity index (χ0v) is 15.9. The van der Waals surface area contributed by atoms with Crippen molar-refractivity contribution in [1.82, 2.24) is 5.32 Å². The van der Waals surface area contributed by atoms with Crippen LogP contribution in [-0.4, -0.2) is 33.7 Å². The Labute approximate surface area is 153 Å². The number of sulfonamides is 1. The van der Waals surface area contributed by atoms with Gasteiger partial charge in [-0.25, -0.2) is 12.8 Å². The van der Waals surface area contributed by atoms with E-state index in [1.165, 1.54) is 28.6 Å². The lowest BCUT2D eigenvalue weighted by molar-refractivity contribution is 0.0955. The van der Waals surface area contributed by atoms with Crippen molar-refractivity contribution in [3.63, 3.8) is 0 Å². The van der Waals surface area contributed by atoms with Gasteiger partial charge in [0.15, 0.2) is 0 Å². The van der Waals surface area contributed by atoms with E-state index in [-0.39, 0.29) is 19.0 Å². The van der Waals surface area contributed by atoms with Crippen molar-refractivity contribution < 1.29 is 17.6 Å². The van der Waals surface area contributed by atoms with Crippen LogP contribution >= 0.6 is 0 Å². The molecule has 5 nitrogen and oxygen atoms in total. The normalized spacial score (nSPS) is 11.4. The highest BCUT2D eigenvalue weighted by molar-refractivity contribution is 7.92. The Morgan fingerprint density at radius 3 is 2.15 bits per heavy atom. The highest BCUT2D eigenvalue weighted by Gasteiger charge is 2.17. The number of carbonyl (C=O) groups excluding carboxylic acids is 1. The van der Waals surface area contributed by atoms with Crippen molar-refractivity contribution in [1.29, 1.82) is 0 Å². The van der Waals surface area contributed by atoms with E-state index in [1.54, 1.807) is 12.1 Å². The largest absolute Gasteiger partial charge is 0.350 e. The Balaban J connectivity index is 2.04. The van der Waals surface area contributed by atoms with Gasteiger partial charge in [0.2, 0.25) is 10.0 Å². The minimum absolute atomic E-state index is 0.104. The number of nitrogens with zero attached hydrogens (tertiary/aromatic N) is 1. The molecule has 0 aromatic heterocycles. The predicted octanol–water partition coefficient (Wildman–Crippen LogP) is 3.15. The molecule has 1 N–H and O–H groups in total. The van der Waals surface area contributed by atoms with Crippen molar-refractivity contribution in [2.24, 2.45) is 0 Å². The zero-order chi connectivity index (χ0) is 19.3. The fraction of sp³-hybridized carbons (Fsp3) is 0.316. The van der Waals surface area contributed by atoms with Gasteiger partial charge in [-0.1, -0.05) is 26.0 Å². The van der Waals surface area contributed by atoms with E-state index in [2.05, 4.69) is 19.2 Å². The van der Waals surface area contributed by atoms with Crippen LogP contribution in [0.25, 0.3) is 0 Å². The van der Waals surface area contributed by atoms with Gasteiger partial charge in [0.25, 0.3) is 5.91 Å². The lowest BCUT2D eigenvalue weighted by Crippen LogP contribution is -2.38. The Morgan fingerprint density at radius 2 is 1.65 bits per heavy atom. The Bertz CT molecular complexity index is 847. The third kappa shape index (κ3) is 5.29. The first-order valence-electron chi connectivity index (χ1n) is 8.30. The molecule has 0 atom stereocenters. The number of carbonyl (C=O) groups is 1. The van der Waals surface area contributed by atoms with Crippen LogP contribution in [0.1, 0.15) is 35.7 Å². The summed E-state index contributed by atoms with van der Waals surface area (Å²) in [5, 5.41) is 2.65. The average molecular weight is 378 g/mol. The van der Waals surface area contributed by atoms with Crippen LogP contribution < -0.4 is 9.62 Å². The molecule has 0 saturated heterocycles. The molecule has 2 aromatic rings. The second-order valence-corrected chi connectivity index (χ2v) is 8.25. The molecule has 0 heterocycles. The minimum Gasteiger partial charge on any atom is -0.350 e. The van der Waals surface area contributed by atoms with Gasteiger partial charge in [-0.15, -0.1) is 0 Å². The highest BCUT2D eigenvalue weighted by atomic mass is 32.2. The molecule has 0 aliphatic heterocycles. The van der Waals surface area contributed by atoms with Gasteiger partial charge in [0.05, 0.1) is 18.5 Å². The number of anilines is 1. The summed E-state index contributed by atoms with van der Waals surface area (Å²) in [5.74, 6) is -0.450. The number of halogens is 1. The molecule has 1 amide bonds. The molecule has 0 aliphatic rings. The maximum atomic E-state index is 12.9. The van der Waals surface area contributed by atoms with Crippen LogP contribution in [0.15, 0.2) is 48.5 Å². The number of hydrogen-bond acceptors (Lipinski definition) is 3. The molecule has 0 fully saturated rings. The summed E-state index contributed by atoms with van der Waals surface area (Å²) in [5.41, 5.74) is 1.98. The monoisotopic (exact) mass is 378 g/mol. The van der Waals surface area contributed by atoms with E-state index in [0.29, 0.717) is 17.2 Å². The van der Waals surface area contributed by atoms with Crippen molar-refractivity contribution in [3.8, 4) is 0 Å². The first-order valence-corrected chi connectivity index (χ1v) is 10.1. The summed E-state index contributed by atoms with van der Waals surface area (Å²) in [4.78, 5) is 12.0. The molecule has 26 heavy (non-hydrogen) atoms. The van der Waals surface area contributed by atoms with Gasteiger partial charge in [-0.2, -0.15) is 0 Å². The second kappa shape index (κ2) is 8.31. The number of rotatable bonds is 7. The van der Waals surface area contributed by atoms with Crippen molar-refractivity contribution >= 4 is 21.6 Å². The van der Waals surface area contributed by atoms with E-state index in [4.69, 9.17) is 0 Å². The highest BCUT2D eigenvalue weighted by Crippen LogP contribution is 2.21. The molecule has 0 spiro atoms. The molecule has 2 rings (SSSR count). The standard InChI is InChI=1S/C19H23FN2O3S/c1-14(2)15-6-10-18(11-7-15)22(26(3,24)25)13-12-21-19(23)16-4-8-17(20)9-5-16/h4-11,14H,12-13H2,1-3H3,(H,21,23). The molecule has 140 valence electrons. The molecule has 0 unspecified atom stereocenters. The van der Waals surface area contributed by atoms with Gasteiger partial charge in [0.1, 0.15) is 5.82 Å². The van der Waals surface area contributed by atoms with E-state index >= 15 is 0 Å². The Hall–Kier alpha value is -2.41. The van der Waals surface area contributed by atoms with Crippen molar-refractivity contribution in [3.05, 3.63) is 65.5 Å². The Morgan fingerprint density at radius 1 is 1.08 bits per heavy atom. The maximum absolute atomic E-state index is 12.9. The van der Waals surface area contributed by atoms with Crippen molar-refractivity contribution in [2.45, 2.75) is 19.8 Å². The molecule has 0 saturated carbocycles. The van der Waals surface area contributed by atoms with Gasteiger partial charge in [-0.3, -0.25) is 9.10 Å². The number of nitrogens with one attached hydrogen (secondary N) is 1. The lowest BCUT2D eigenvalue weighted by Gasteiger charge is -2.23. The zero-order valence-electron chi connectivity index (χ0n) is 15.1. The van der Waals surface area contributed by atoms with Crippen LogP contribution in [0.4, 0.5) is 10.1 Å². The molecule has 0 radical (unpaired) electrons. The third-order valence-electron chi connectivity index (χ3n) is 3.95. The minimum atomic E-state index is -3.49. The van der Waals surface area contributed by atoms with Gasteiger partial charge in [-0.05, 0) is 47.9 Å². The molecule has 7 heteroatoms. The topological polar surface area (TPSA) is 66.5 Å². The van der Waals surface area contributed by atoms with Gasteiger partial charge in [0, 0.05) is 12.1 Å². The van der Waals surface area contributed by atoms with Crippen LogP contribution in [0.5, 0.6) is 0 Å². The van der Waals surface area contributed by atoms with Crippen LogP contribution in [0.3, 0.4) is 0 Å². The number of amides is 1. The summed E-state index contributed by atoms with van der Waals surface area (Å²) in [6.07, 6.45) is 1.13. The summed E-state index contributed by atoms with van der Waals surface area (Å²) in [6.45, 7) is 4.37. The summed E-state index contributed by atoms with van der Waals surface area (Å²) in [6, 6.07) is 12.5. The molecular weight excluding hydrogens is 355 g/mol. The fourth-order valence-electron chi connectivity index (χ4n) is 2.49. The summed E-state index contributed by atoms with van der Waals surface area (Å²) in [7, 11) is -3.49. The van der Waals surface area contributed by atoms with E-state index in [9.17, 15) is 17.6 Å². The third-order valence-corrected chi connectivity index (χ3v) is 5.15. The quantitative estimate of drug-likeness (QED) is 0.805. The Kier molecular flexibility index (Phi) is 6.37. The molecule has 0 bridgehead atoms. The fourth-order valence-corrected chi connectivity index (χ4v) is 3.41. The van der Waals surface area contributed by atoms with Gasteiger partial charge >= 0.3 is 0 Å². The first-order chi connectivity index (χ1) is 12.2. The van der Waals surface area contributed by atoms with Gasteiger partial charge < -0.3 is 5.32 Å². The smallest absolute Gasteiger partial charge is 0.251 e. The molecule has 0 aliphatic carbocycles. The van der Waals surface area contributed by atoms with Crippen LogP contribution in [-0.2, 0) is 10.0 Å². The average Bonchev–Trinajstić information content (AvgIpc) is 2.58.